The first-order chi connectivity index (χ1) is 7.33. The van der Waals surface area contributed by atoms with E-state index in [0.29, 0.717) is 6.04 Å². The topological polar surface area (TPSA) is 16.4 Å². The van der Waals surface area contributed by atoms with E-state index in [-0.39, 0.29) is 0 Å². The van der Waals surface area contributed by atoms with E-state index in [0.717, 1.165) is 6.42 Å². The number of pyridine rings is 1. The molecular weight excluding hydrogens is 184 g/mol. The summed E-state index contributed by atoms with van der Waals surface area (Å²) in [6, 6.07) is 9.27. The van der Waals surface area contributed by atoms with Crippen LogP contribution in [0.15, 0.2) is 36.7 Å². The molecule has 1 N–H and O–H groups in total. The predicted octanol–water partition coefficient (Wildman–Crippen LogP) is 2.48. The summed E-state index contributed by atoms with van der Waals surface area (Å²) >= 11 is 0. The second kappa shape index (κ2) is 4.49. The van der Waals surface area contributed by atoms with Gasteiger partial charge in [0.1, 0.15) is 0 Å². The Balaban J connectivity index is 2.20. The van der Waals surface area contributed by atoms with Crippen molar-refractivity contribution >= 4 is 5.52 Å². The average molecular weight is 202 g/mol. The molecule has 0 radical (unpaired) electrons. The fourth-order valence-corrected chi connectivity index (χ4v) is 1.94. The van der Waals surface area contributed by atoms with E-state index in [1.807, 2.05) is 7.05 Å². The van der Waals surface area contributed by atoms with Crippen molar-refractivity contribution < 1.29 is 0 Å². The third-order valence-corrected chi connectivity index (χ3v) is 2.98. The zero-order valence-electron chi connectivity index (χ0n) is 9.40. The molecule has 2 heterocycles. The quantitative estimate of drug-likeness (QED) is 0.805. The minimum Gasteiger partial charge on any atom is -0.324 e. The van der Waals surface area contributed by atoms with Crippen molar-refractivity contribution in [1.82, 2.24) is 9.72 Å². The van der Waals surface area contributed by atoms with Crippen LogP contribution < -0.4 is 5.32 Å². The molecule has 0 aromatic carbocycles. The zero-order chi connectivity index (χ0) is 10.7. The summed E-state index contributed by atoms with van der Waals surface area (Å²) in [5.74, 6) is 0. The lowest BCUT2D eigenvalue weighted by molar-refractivity contribution is 0.543. The Labute approximate surface area is 90.9 Å². The fourth-order valence-electron chi connectivity index (χ4n) is 1.94. The van der Waals surface area contributed by atoms with Crippen molar-refractivity contribution in [2.45, 2.75) is 25.8 Å². The first-order valence-corrected chi connectivity index (χ1v) is 5.56. The Morgan fingerprint density at radius 2 is 2.20 bits per heavy atom. The highest BCUT2D eigenvalue weighted by Crippen LogP contribution is 2.11. The molecule has 0 aliphatic carbocycles. The summed E-state index contributed by atoms with van der Waals surface area (Å²) in [7, 11) is 2.03. The van der Waals surface area contributed by atoms with Gasteiger partial charge < -0.3 is 9.72 Å². The van der Waals surface area contributed by atoms with Crippen LogP contribution in [0.3, 0.4) is 0 Å². The second-order valence-corrected chi connectivity index (χ2v) is 3.97. The molecule has 0 fully saturated rings. The van der Waals surface area contributed by atoms with Crippen molar-refractivity contribution in [3.05, 3.63) is 42.2 Å². The molecule has 0 aliphatic rings. The number of likely N-dealkylation sites (N-methyl/N-ethyl adjacent to an activating group) is 1. The summed E-state index contributed by atoms with van der Waals surface area (Å²) in [5, 5.41) is 3.34. The number of rotatable bonds is 4. The zero-order valence-corrected chi connectivity index (χ0v) is 9.40. The van der Waals surface area contributed by atoms with Crippen molar-refractivity contribution in [3.63, 3.8) is 0 Å². The molecule has 80 valence electrons. The smallest absolute Gasteiger partial charge is 0.0452 e. The van der Waals surface area contributed by atoms with E-state index < -0.39 is 0 Å². The molecule has 2 aromatic rings. The van der Waals surface area contributed by atoms with E-state index in [1.54, 1.807) is 0 Å². The van der Waals surface area contributed by atoms with Crippen LogP contribution in [0.2, 0.25) is 0 Å². The third-order valence-electron chi connectivity index (χ3n) is 2.98. The number of fused-ring (bicyclic) bond motifs is 1. The van der Waals surface area contributed by atoms with Crippen LogP contribution in [0.25, 0.3) is 5.52 Å². The van der Waals surface area contributed by atoms with E-state index in [4.69, 9.17) is 0 Å². The van der Waals surface area contributed by atoms with Crippen molar-refractivity contribution in [3.8, 4) is 0 Å². The van der Waals surface area contributed by atoms with Crippen molar-refractivity contribution in [2.24, 2.45) is 0 Å². The molecule has 2 aromatic heterocycles. The first-order valence-electron chi connectivity index (χ1n) is 5.56. The van der Waals surface area contributed by atoms with Gasteiger partial charge in [-0.3, -0.25) is 0 Å². The Kier molecular flexibility index (Phi) is 3.07. The monoisotopic (exact) mass is 202 g/mol. The summed E-state index contributed by atoms with van der Waals surface area (Å²) in [5.41, 5.74) is 2.68. The van der Waals surface area contributed by atoms with Gasteiger partial charge in [-0.05, 0) is 49.7 Å². The van der Waals surface area contributed by atoms with Gasteiger partial charge in [0.2, 0.25) is 0 Å². The van der Waals surface area contributed by atoms with Crippen molar-refractivity contribution in [1.29, 1.82) is 0 Å². The maximum Gasteiger partial charge on any atom is 0.0452 e. The number of hydrogen-bond donors (Lipinski definition) is 1. The highest BCUT2D eigenvalue weighted by Gasteiger charge is 2.04. The molecular formula is C13H18N2. The van der Waals surface area contributed by atoms with Gasteiger partial charge in [-0.25, -0.2) is 0 Å². The van der Waals surface area contributed by atoms with Crippen LogP contribution in [0.1, 0.15) is 18.9 Å². The van der Waals surface area contributed by atoms with Gasteiger partial charge in [-0.15, -0.1) is 0 Å². The SMILES string of the molecule is CCC(Cc1ccn2cccc2c1)NC. The number of nitrogens with zero attached hydrogens (tertiary/aromatic N) is 1. The summed E-state index contributed by atoms with van der Waals surface area (Å²) in [6.07, 6.45) is 6.49. The van der Waals surface area contributed by atoms with Crippen LogP contribution in [0, 0.1) is 0 Å². The van der Waals surface area contributed by atoms with Gasteiger partial charge in [0, 0.05) is 24.0 Å². The molecule has 2 nitrogen and oxygen atoms in total. The fraction of sp³-hybridized carbons (Fsp3) is 0.385. The van der Waals surface area contributed by atoms with Crippen LogP contribution in [-0.2, 0) is 6.42 Å². The van der Waals surface area contributed by atoms with Crippen LogP contribution >= 0.6 is 0 Å². The second-order valence-electron chi connectivity index (χ2n) is 3.97. The Hall–Kier alpha value is -1.28. The molecule has 0 saturated carbocycles. The minimum absolute atomic E-state index is 0.586. The lowest BCUT2D eigenvalue weighted by Crippen LogP contribution is -2.26. The van der Waals surface area contributed by atoms with E-state index in [9.17, 15) is 0 Å². The van der Waals surface area contributed by atoms with Crippen LogP contribution in [-0.4, -0.2) is 17.5 Å². The lowest BCUT2D eigenvalue weighted by atomic mass is 10.1. The summed E-state index contributed by atoms with van der Waals surface area (Å²) in [4.78, 5) is 0. The Bertz CT molecular complexity index is 427. The first kappa shape index (κ1) is 10.2. The molecule has 0 bridgehead atoms. The van der Waals surface area contributed by atoms with E-state index >= 15 is 0 Å². The van der Waals surface area contributed by atoms with Gasteiger partial charge in [-0.1, -0.05) is 6.92 Å². The van der Waals surface area contributed by atoms with E-state index in [1.165, 1.54) is 17.5 Å². The Morgan fingerprint density at radius 3 is 2.93 bits per heavy atom. The molecule has 0 saturated heterocycles. The summed E-state index contributed by atoms with van der Waals surface area (Å²) in [6.45, 7) is 2.22. The van der Waals surface area contributed by atoms with Crippen LogP contribution in [0.4, 0.5) is 0 Å². The average Bonchev–Trinajstić information content (AvgIpc) is 2.73. The largest absolute Gasteiger partial charge is 0.324 e. The number of hydrogen-bond acceptors (Lipinski definition) is 1. The molecule has 0 amide bonds. The molecule has 15 heavy (non-hydrogen) atoms. The standard InChI is InChI=1S/C13H18N2/c1-3-12(14-2)9-11-6-8-15-7-4-5-13(15)10-11/h4-8,10,12,14H,3,9H2,1-2H3. The molecule has 2 heteroatoms. The molecule has 2 rings (SSSR count). The maximum absolute atomic E-state index is 3.34. The molecule has 0 aliphatic heterocycles. The van der Waals surface area contributed by atoms with Gasteiger partial charge >= 0.3 is 0 Å². The highest BCUT2D eigenvalue weighted by atomic mass is 14.9. The van der Waals surface area contributed by atoms with Crippen LogP contribution in [0.5, 0.6) is 0 Å². The van der Waals surface area contributed by atoms with Gasteiger partial charge in [0.15, 0.2) is 0 Å². The molecule has 1 unspecified atom stereocenters. The summed E-state index contributed by atoms with van der Waals surface area (Å²) < 4.78 is 2.14. The highest BCUT2D eigenvalue weighted by molar-refractivity contribution is 5.49. The minimum atomic E-state index is 0.586. The molecule has 1 atom stereocenters. The van der Waals surface area contributed by atoms with Gasteiger partial charge in [0.05, 0.1) is 0 Å². The van der Waals surface area contributed by atoms with Crippen molar-refractivity contribution in [2.75, 3.05) is 7.05 Å². The normalized spacial score (nSPS) is 13.2. The third kappa shape index (κ3) is 2.21. The molecule has 0 spiro atoms. The van der Waals surface area contributed by atoms with Gasteiger partial charge in [0.25, 0.3) is 0 Å². The predicted molar refractivity (Wildman–Crippen MR) is 64.2 cm³/mol. The van der Waals surface area contributed by atoms with Gasteiger partial charge in [-0.2, -0.15) is 0 Å². The van der Waals surface area contributed by atoms with E-state index in [2.05, 4.69) is 53.3 Å². The maximum atomic E-state index is 3.34. The number of aromatic nitrogens is 1. The lowest BCUT2D eigenvalue weighted by Gasteiger charge is -2.13. The number of nitrogens with one attached hydrogen (secondary N) is 1. The Morgan fingerprint density at radius 1 is 1.33 bits per heavy atom.